The third kappa shape index (κ3) is 6.60. The van der Waals surface area contributed by atoms with Gasteiger partial charge < -0.3 is 20.6 Å². The molecule has 118 valence electrons. The van der Waals surface area contributed by atoms with Crippen molar-refractivity contribution in [2.75, 3.05) is 25.5 Å². The molecular weight excluding hydrogens is 266 g/mol. The minimum absolute atomic E-state index is 0.218. The summed E-state index contributed by atoms with van der Waals surface area (Å²) in [7, 11) is 2.08. The standard InChI is InChI=1S/C16H27N3O2/c1-12(2)19(4)10-6-9-17-16(21)18-15-8-5-7-14(11-15)13(3)20/h5,7-8,11-13,20H,6,9-10H2,1-4H3,(H2,17,18,21). The van der Waals surface area contributed by atoms with Gasteiger partial charge >= 0.3 is 6.03 Å². The molecule has 1 unspecified atom stereocenters. The maximum atomic E-state index is 11.8. The number of aliphatic hydroxyl groups is 1. The van der Waals surface area contributed by atoms with Crippen LogP contribution in [-0.4, -0.2) is 42.2 Å². The fraction of sp³-hybridized carbons (Fsp3) is 0.562. The highest BCUT2D eigenvalue weighted by molar-refractivity contribution is 5.89. The van der Waals surface area contributed by atoms with Crippen molar-refractivity contribution >= 4 is 11.7 Å². The highest BCUT2D eigenvalue weighted by Crippen LogP contribution is 2.16. The van der Waals surface area contributed by atoms with E-state index >= 15 is 0 Å². The summed E-state index contributed by atoms with van der Waals surface area (Å²) >= 11 is 0. The fourth-order valence-electron chi connectivity index (χ4n) is 1.84. The summed E-state index contributed by atoms with van der Waals surface area (Å²) in [5, 5.41) is 15.1. The van der Waals surface area contributed by atoms with Gasteiger partial charge in [0.1, 0.15) is 0 Å². The van der Waals surface area contributed by atoms with Gasteiger partial charge in [0, 0.05) is 18.3 Å². The summed E-state index contributed by atoms with van der Waals surface area (Å²) in [6.45, 7) is 7.59. The molecule has 0 radical (unpaired) electrons. The molecule has 0 fully saturated rings. The maximum absolute atomic E-state index is 11.8. The van der Waals surface area contributed by atoms with E-state index in [2.05, 4.69) is 36.4 Å². The second-order valence-electron chi connectivity index (χ2n) is 5.61. The van der Waals surface area contributed by atoms with Crippen LogP contribution >= 0.6 is 0 Å². The van der Waals surface area contributed by atoms with Crippen molar-refractivity contribution in [3.8, 4) is 0 Å². The second kappa shape index (κ2) is 8.64. The van der Waals surface area contributed by atoms with Crippen LogP contribution in [-0.2, 0) is 0 Å². The maximum Gasteiger partial charge on any atom is 0.319 e. The molecule has 2 amide bonds. The van der Waals surface area contributed by atoms with Crippen LogP contribution in [0.25, 0.3) is 0 Å². The quantitative estimate of drug-likeness (QED) is 0.677. The number of nitrogens with zero attached hydrogens (tertiary/aromatic N) is 1. The first-order valence-electron chi connectivity index (χ1n) is 7.43. The average Bonchev–Trinajstić information content (AvgIpc) is 2.43. The van der Waals surface area contributed by atoms with Gasteiger partial charge in [-0.25, -0.2) is 4.79 Å². The molecule has 0 aliphatic carbocycles. The summed E-state index contributed by atoms with van der Waals surface area (Å²) in [6, 6.07) is 7.52. The Kier molecular flexibility index (Phi) is 7.19. The number of hydrogen-bond acceptors (Lipinski definition) is 3. The molecule has 0 heterocycles. The topological polar surface area (TPSA) is 64.6 Å². The number of benzene rings is 1. The van der Waals surface area contributed by atoms with Crippen LogP contribution < -0.4 is 10.6 Å². The van der Waals surface area contributed by atoms with Gasteiger partial charge in [-0.3, -0.25) is 0 Å². The van der Waals surface area contributed by atoms with Crippen LogP contribution in [0.4, 0.5) is 10.5 Å². The van der Waals surface area contributed by atoms with Crippen LogP contribution in [0.3, 0.4) is 0 Å². The summed E-state index contributed by atoms with van der Waals surface area (Å²) in [6.07, 6.45) is 0.372. The van der Waals surface area contributed by atoms with Crippen molar-refractivity contribution in [3.63, 3.8) is 0 Å². The summed E-state index contributed by atoms with van der Waals surface area (Å²) in [5.41, 5.74) is 1.47. The number of carbonyl (C=O) groups is 1. The molecule has 0 aliphatic heterocycles. The fourth-order valence-corrected chi connectivity index (χ4v) is 1.84. The molecule has 5 heteroatoms. The van der Waals surface area contributed by atoms with Gasteiger partial charge in [-0.2, -0.15) is 0 Å². The van der Waals surface area contributed by atoms with Gasteiger partial charge in [-0.15, -0.1) is 0 Å². The smallest absolute Gasteiger partial charge is 0.319 e. The third-order valence-corrected chi connectivity index (χ3v) is 3.48. The Bertz CT molecular complexity index is 447. The van der Waals surface area contributed by atoms with Crippen molar-refractivity contribution in [3.05, 3.63) is 29.8 Å². The van der Waals surface area contributed by atoms with E-state index in [9.17, 15) is 9.90 Å². The van der Waals surface area contributed by atoms with Gasteiger partial charge in [0.05, 0.1) is 6.10 Å². The predicted molar refractivity (Wildman–Crippen MR) is 86.5 cm³/mol. The molecular formula is C16H27N3O2. The second-order valence-corrected chi connectivity index (χ2v) is 5.61. The Balaban J connectivity index is 2.32. The zero-order valence-electron chi connectivity index (χ0n) is 13.4. The number of nitrogens with one attached hydrogen (secondary N) is 2. The number of urea groups is 1. The molecule has 0 saturated heterocycles. The molecule has 5 nitrogen and oxygen atoms in total. The van der Waals surface area contributed by atoms with Gasteiger partial charge in [-0.05, 0) is 58.5 Å². The minimum Gasteiger partial charge on any atom is -0.389 e. The van der Waals surface area contributed by atoms with Crippen LogP contribution in [0.1, 0.15) is 38.9 Å². The largest absolute Gasteiger partial charge is 0.389 e. The Morgan fingerprint density at radius 3 is 2.67 bits per heavy atom. The van der Waals surface area contributed by atoms with Gasteiger partial charge in [0.25, 0.3) is 0 Å². The molecule has 21 heavy (non-hydrogen) atoms. The van der Waals surface area contributed by atoms with E-state index in [1.165, 1.54) is 0 Å². The first-order chi connectivity index (χ1) is 9.90. The van der Waals surface area contributed by atoms with Gasteiger partial charge in [-0.1, -0.05) is 12.1 Å². The molecule has 0 spiro atoms. The Morgan fingerprint density at radius 1 is 1.33 bits per heavy atom. The Labute approximate surface area is 127 Å². The number of anilines is 1. The van der Waals surface area contributed by atoms with E-state index in [-0.39, 0.29) is 6.03 Å². The van der Waals surface area contributed by atoms with Crippen molar-refractivity contribution < 1.29 is 9.90 Å². The number of carbonyl (C=O) groups excluding carboxylic acids is 1. The van der Waals surface area contributed by atoms with Crippen molar-refractivity contribution in [2.24, 2.45) is 0 Å². The molecule has 0 aliphatic rings. The lowest BCUT2D eigenvalue weighted by Gasteiger charge is -2.20. The third-order valence-electron chi connectivity index (χ3n) is 3.48. The van der Waals surface area contributed by atoms with E-state index in [1.807, 2.05) is 12.1 Å². The lowest BCUT2D eigenvalue weighted by Crippen LogP contribution is -2.33. The van der Waals surface area contributed by atoms with E-state index in [4.69, 9.17) is 0 Å². The number of rotatable bonds is 7. The van der Waals surface area contributed by atoms with Crippen molar-refractivity contribution in [1.82, 2.24) is 10.2 Å². The van der Waals surface area contributed by atoms with Crippen molar-refractivity contribution in [2.45, 2.75) is 39.3 Å². The molecule has 1 atom stereocenters. The molecule has 1 rings (SSSR count). The molecule has 0 aromatic heterocycles. The summed E-state index contributed by atoms with van der Waals surface area (Å²) in [5.74, 6) is 0. The van der Waals surface area contributed by atoms with Crippen molar-refractivity contribution in [1.29, 1.82) is 0 Å². The van der Waals surface area contributed by atoms with E-state index in [0.29, 0.717) is 18.3 Å². The zero-order chi connectivity index (χ0) is 15.8. The van der Waals surface area contributed by atoms with E-state index in [0.717, 1.165) is 18.5 Å². The first kappa shape index (κ1) is 17.5. The molecule has 1 aromatic rings. The lowest BCUT2D eigenvalue weighted by molar-refractivity contribution is 0.199. The summed E-state index contributed by atoms with van der Waals surface area (Å²) in [4.78, 5) is 14.0. The van der Waals surface area contributed by atoms with Gasteiger partial charge in [0.15, 0.2) is 0 Å². The lowest BCUT2D eigenvalue weighted by atomic mass is 10.1. The first-order valence-corrected chi connectivity index (χ1v) is 7.43. The Morgan fingerprint density at radius 2 is 2.05 bits per heavy atom. The normalized spacial score (nSPS) is 12.5. The van der Waals surface area contributed by atoms with Crippen LogP contribution in [0.15, 0.2) is 24.3 Å². The number of hydrogen-bond donors (Lipinski definition) is 3. The van der Waals surface area contributed by atoms with Crippen LogP contribution in [0.2, 0.25) is 0 Å². The molecule has 0 saturated carbocycles. The highest BCUT2D eigenvalue weighted by atomic mass is 16.3. The van der Waals surface area contributed by atoms with E-state index < -0.39 is 6.10 Å². The highest BCUT2D eigenvalue weighted by Gasteiger charge is 2.06. The Hall–Kier alpha value is -1.59. The van der Waals surface area contributed by atoms with Crippen LogP contribution in [0.5, 0.6) is 0 Å². The summed E-state index contributed by atoms with van der Waals surface area (Å²) < 4.78 is 0. The molecule has 0 bridgehead atoms. The van der Waals surface area contributed by atoms with E-state index in [1.54, 1.807) is 19.1 Å². The number of amides is 2. The minimum atomic E-state index is -0.540. The molecule has 1 aromatic carbocycles. The zero-order valence-corrected chi connectivity index (χ0v) is 13.4. The average molecular weight is 293 g/mol. The van der Waals surface area contributed by atoms with Gasteiger partial charge in [0.2, 0.25) is 0 Å². The number of aliphatic hydroxyl groups excluding tert-OH is 1. The predicted octanol–water partition coefficient (Wildman–Crippen LogP) is 2.59. The van der Waals surface area contributed by atoms with Crippen LogP contribution in [0, 0.1) is 0 Å². The molecule has 3 N–H and O–H groups in total. The monoisotopic (exact) mass is 293 g/mol. The SMILES string of the molecule is CC(O)c1cccc(NC(=O)NCCCN(C)C(C)C)c1.